The Hall–Kier alpha value is -0.580. The number of rotatable bonds is 1. The van der Waals surface area contributed by atoms with Crippen LogP contribution in [-0.4, -0.2) is 27.8 Å². The van der Waals surface area contributed by atoms with Crippen LogP contribution >= 0.6 is 34.8 Å². The average Bonchev–Trinajstić information content (AvgIpc) is 2.43. The Labute approximate surface area is 101 Å². The summed E-state index contributed by atoms with van der Waals surface area (Å²) < 4.78 is 0. The summed E-state index contributed by atoms with van der Waals surface area (Å²) in [5.74, 6) is 0.314. The Kier molecular flexibility index (Phi) is 3.00. The molecule has 0 bridgehead atoms. The molecular formula is C8H6Cl3N3O. The van der Waals surface area contributed by atoms with E-state index in [4.69, 9.17) is 34.8 Å². The fraction of sp³-hybridized carbons (Fsp3) is 0.375. The summed E-state index contributed by atoms with van der Waals surface area (Å²) in [5, 5.41) is 0.0316. The number of aromatic nitrogens is 2. The quantitative estimate of drug-likeness (QED) is 0.444. The summed E-state index contributed by atoms with van der Waals surface area (Å²) in [5.41, 5.74) is 0. The molecule has 80 valence electrons. The maximum absolute atomic E-state index is 11.5. The van der Waals surface area contributed by atoms with Crippen molar-refractivity contribution in [3.8, 4) is 0 Å². The van der Waals surface area contributed by atoms with E-state index in [1.807, 2.05) is 0 Å². The molecule has 7 heteroatoms. The van der Waals surface area contributed by atoms with E-state index >= 15 is 0 Å². The zero-order valence-electron chi connectivity index (χ0n) is 7.45. The SMILES string of the molecule is O=C1CC(Cl)CN1c1cc(Cl)nc(Cl)n1. The van der Waals surface area contributed by atoms with Gasteiger partial charge >= 0.3 is 0 Å². The molecule has 2 rings (SSSR count). The third-order valence-corrected chi connectivity index (χ3v) is 2.66. The van der Waals surface area contributed by atoms with Gasteiger partial charge in [0.25, 0.3) is 0 Å². The third-order valence-electron chi connectivity index (χ3n) is 2.01. The Bertz CT molecular complexity index is 392. The lowest BCUT2D eigenvalue weighted by molar-refractivity contribution is -0.117. The van der Waals surface area contributed by atoms with Crippen molar-refractivity contribution in [3.63, 3.8) is 0 Å². The van der Waals surface area contributed by atoms with E-state index in [2.05, 4.69) is 9.97 Å². The van der Waals surface area contributed by atoms with E-state index in [0.717, 1.165) is 0 Å². The van der Waals surface area contributed by atoms with Gasteiger partial charge < -0.3 is 0 Å². The molecule has 1 amide bonds. The predicted molar refractivity (Wildman–Crippen MR) is 58.7 cm³/mol. The molecule has 1 aliphatic heterocycles. The highest BCUT2D eigenvalue weighted by molar-refractivity contribution is 6.32. The molecule has 1 aromatic rings. The van der Waals surface area contributed by atoms with Crippen molar-refractivity contribution in [2.75, 3.05) is 11.4 Å². The Morgan fingerprint density at radius 3 is 2.67 bits per heavy atom. The summed E-state index contributed by atoms with van der Waals surface area (Å²) in [4.78, 5) is 20.6. The van der Waals surface area contributed by atoms with E-state index < -0.39 is 0 Å². The molecule has 1 saturated heterocycles. The summed E-state index contributed by atoms with van der Waals surface area (Å²) in [6.07, 6.45) is 0.306. The van der Waals surface area contributed by atoms with Gasteiger partial charge in [-0.25, -0.2) is 9.97 Å². The number of carbonyl (C=O) groups excluding carboxylic acids is 1. The molecule has 1 atom stereocenters. The standard InChI is InChI=1S/C8H6Cl3N3O/c9-4-1-7(15)14(3-4)6-2-5(10)12-8(11)13-6/h2,4H,1,3H2. The topological polar surface area (TPSA) is 46.1 Å². The molecule has 0 saturated carbocycles. The van der Waals surface area contributed by atoms with Crippen molar-refractivity contribution in [2.45, 2.75) is 11.8 Å². The van der Waals surface area contributed by atoms with Gasteiger partial charge in [0.05, 0.1) is 5.38 Å². The normalized spacial score (nSPS) is 21.1. The summed E-state index contributed by atoms with van der Waals surface area (Å²) in [7, 11) is 0. The molecule has 0 spiro atoms. The zero-order chi connectivity index (χ0) is 11.0. The summed E-state index contributed by atoms with van der Waals surface area (Å²) in [6, 6.07) is 1.49. The molecule has 0 N–H and O–H groups in total. The number of hydrogen-bond donors (Lipinski definition) is 0. The minimum absolute atomic E-state index is 0.0170. The van der Waals surface area contributed by atoms with Crippen LogP contribution in [0.3, 0.4) is 0 Å². The van der Waals surface area contributed by atoms with Gasteiger partial charge in [-0.2, -0.15) is 0 Å². The number of alkyl halides is 1. The molecule has 0 aliphatic carbocycles. The largest absolute Gasteiger partial charge is 0.295 e. The molecule has 1 unspecified atom stereocenters. The predicted octanol–water partition coefficient (Wildman–Crippen LogP) is 2.13. The summed E-state index contributed by atoms with van der Waals surface area (Å²) >= 11 is 17.2. The van der Waals surface area contributed by atoms with Crippen LogP contribution in [0.5, 0.6) is 0 Å². The summed E-state index contributed by atoms with van der Waals surface area (Å²) in [6.45, 7) is 0.421. The van der Waals surface area contributed by atoms with Crippen molar-refractivity contribution < 1.29 is 4.79 Å². The van der Waals surface area contributed by atoms with E-state index in [9.17, 15) is 4.79 Å². The minimum atomic E-state index is -0.190. The van der Waals surface area contributed by atoms with Crippen LogP contribution < -0.4 is 4.90 Å². The monoisotopic (exact) mass is 265 g/mol. The van der Waals surface area contributed by atoms with Gasteiger partial charge in [0.1, 0.15) is 11.0 Å². The van der Waals surface area contributed by atoms with Gasteiger partial charge in [-0.15, -0.1) is 11.6 Å². The first-order valence-electron chi connectivity index (χ1n) is 4.21. The maximum atomic E-state index is 11.5. The first-order chi connectivity index (χ1) is 7.06. The Morgan fingerprint density at radius 1 is 1.40 bits per heavy atom. The second-order valence-corrected chi connectivity index (χ2v) is 4.47. The number of hydrogen-bond acceptors (Lipinski definition) is 3. The van der Waals surface area contributed by atoms with Gasteiger partial charge in [0.2, 0.25) is 11.2 Å². The number of nitrogens with zero attached hydrogens (tertiary/aromatic N) is 3. The molecule has 2 heterocycles. The highest BCUT2D eigenvalue weighted by Gasteiger charge is 2.30. The Morgan fingerprint density at radius 2 is 2.13 bits per heavy atom. The second kappa shape index (κ2) is 4.12. The van der Waals surface area contributed by atoms with Crippen LogP contribution in [0, 0.1) is 0 Å². The van der Waals surface area contributed by atoms with Crippen LogP contribution in [0.4, 0.5) is 5.82 Å². The van der Waals surface area contributed by atoms with Gasteiger partial charge in [0, 0.05) is 19.0 Å². The van der Waals surface area contributed by atoms with Gasteiger partial charge in [-0.3, -0.25) is 9.69 Å². The van der Waals surface area contributed by atoms with Crippen molar-refractivity contribution >= 4 is 46.5 Å². The number of anilines is 1. The number of carbonyl (C=O) groups is 1. The smallest absolute Gasteiger partial charge is 0.229 e. The van der Waals surface area contributed by atoms with Crippen LogP contribution in [0.2, 0.25) is 10.4 Å². The van der Waals surface area contributed by atoms with E-state index in [0.29, 0.717) is 18.8 Å². The lowest BCUT2D eigenvalue weighted by atomic mass is 10.4. The van der Waals surface area contributed by atoms with E-state index in [1.54, 1.807) is 0 Å². The first kappa shape index (κ1) is 10.9. The van der Waals surface area contributed by atoms with Crippen LogP contribution in [0.1, 0.15) is 6.42 Å². The molecule has 15 heavy (non-hydrogen) atoms. The lowest BCUT2D eigenvalue weighted by Crippen LogP contribution is -2.25. The van der Waals surface area contributed by atoms with E-state index in [-0.39, 0.29) is 21.7 Å². The molecule has 0 aromatic carbocycles. The van der Waals surface area contributed by atoms with Crippen molar-refractivity contribution in [3.05, 3.63) is 16.5 Å². The maximum Gasteiger partial charge on any atom is 0.229 e. The molecule has 0 radical (unpaired) electrons. The van der Waals surface area contributed by atoms with Crippen molar-refractivity contribution in [2.24, 2.45) is 0 Å². The Balaban J connectivity index is 2.33. The average molecular weight is 267 g/mol. The molecular weight excluding hydrogens is 260 g/mol. The molecule has 1 aromatic heterocycles. The highest BCUT2D eigenvalue weighted by Crippen LogP contribution is 2.25. The van der Waals surface area contributed by atoms with Gasteiger partial charge in [-0.05, 0) is 11.6 Å². The number of amides is 1. The molecule has 4 nitrogen and oxygen atoms in total. The minimum Gasteiger partial charge on any atom is -0.295 e. The van der Waals surface area contributed by atoms with Crippen LogP contribution in [0.25, 0.3) is 0 Å². The van der Waals surface area contributed by atoms with Gasteiger partial charge in [0.15, 0.2) is 0 Å². The van der Waals surface area contributed by atoms with E-state index in [1.165, 1.54) is 11.0 Å². The van der Waals surface area contributed by atoms with Crippen LogP contribution in [0.15, 0.2) is 6.07 Å². The highest BCUT2D eigenvalue weighted by atomic mass is 35.5. The third kappa shape index (κ3) is 2.33. The van der Waals surface area contributed by atoms with Crippen molar-refractivity contribution in [1.29, 1.82) is 0 Å². The molecule has 1 aliphatic rings. The van der Waals surface area contributed by atoms with Crippen LogP contribution in [-0.2, 0) is 4.79 Å². The number of halogens is 3. The second-order valence-electron chi connectivity index (χ2n) is 3.12. The molecule has 1 fully saturated rings. The van der Waals surface area contributed by atoms with Crippen molar-refractivity contribution in [1.82, 2.24) is 9.97 Å². The first-order valence-corrected chi connectivity index (χ1v) is 5.40. The fourth-order valence-electron chi connectivity index (χ4n) is 1.40. The lowest BCUT2D eigenvalue weighted by Gasteiger charge is -2.14. The fourth-order valence-corrected chi connectivity index (χ4v) is 2.07. The van der Waals surface area contributed by atoms with Gasteiger partial charge in [-0.1, -0.05) is 11.6 Å². The zero-order valence-corrected chi connectivity index (χ0v) is 9.72.